The summed E-state index contributed by atoms with van der Waals surface area (Å²) in [6.07, 6.45) is 5.93. The van der Waals surface area contributed by atoms with Crippen molar-refractivity contribution in [2.45, 2.75) is 60.0 Å². The Morgan fingerprint density at radius 2 is 2.00 bits per heavy atom. The zero-order valence-electron chi connectivity index (χ0n) is 14.9. The van der Waals surface area contributed by atoms with E-state index in [4.69, 9.17) is 16.4 Å². The van der Waals surface area contributed by atoms with Crippen LogP contribution >= 0.6 is 0 Å². The fourth-order valence-electron chi connectivity index (χ4n) is 2.50. The summed E-state index contributed by atoms with van der Waals surface area (Å²) in [6, 6.07) is 1.91. The normalized spacial score (nSPS) is 12.1. The van der Waals surface area contributed by atoms with Crippen LogP contribution in [0.25, 0.3) is 0 Å². The molecule has 24 heavy (non-hydrogen) atoms. The Morgan fingerprint density at radius 3 is 2.50 bits per heavy atom. The summed E-state index contributed by atoms with van der Waals surface area (Å²) < 4.78 is 5.52. The molecule has 0 fully saturated rings. The quantitative estimate of drug-likeness (QED) is 0.665. The molecule has 1 aromatic heterocycles. The second-order valence-corrected chi connectivity index (χ2v) is 6.92. The number of nitrogens with zero attached hydrogens (tertiary/aromatic N) is 1. The third-order valence-electron chi connectivity index (χ3n) is 4.04. The minimum absolute atomic E-state index is 0.0869. The number of H-pyrrole nitrogens is 1. The lowest BCUT2D eigenvalue weighted by Gasteiger charge is -2.29. The highest BCUT2D eigenvalue weighted by atomic mass is 16.5. The number of hydrogen-bond acceptors (Lipinski definition) is 4. The average Bonchev–Trinajstić information content (AvgIpc) is 2.45. The van der Waals surface area contributed by atoms with Crippen LogP contribution in [0.4, 0.5) is 0 Å². The lowest BCUT2D eigenvalue weighted by Crippen LogP contribution is -2.31. The Balaban J connectivity index is 2.87. The van der Waals surface area contributed by atoms with Crippen LogP contribution in [-0.4, -0.2) is 17.1 Å². The third kappa shape index (κ3) is 4.73. The molecule has 0 unspecified atom stereocenters. The second kappa shape index (κ2) is 7.84. The van der Waals surface area contributed by atoms with Gasteiger partial charge in [0.25, 0.3) is 5.56 Å². The number of hydrogen-bond donors (Lipinski definition) is 1. The van der Waals surface area contributed by atoms with E-state index in [0.717, 1.165) is 5.56 Å². The van der Waals surface area contributed by atoms with E-state index in [1.165, 1.54) is 0 Å². The maximum atomic E-state index is 12.2. The SMILES string of the molecule is C#CC[C@@H](OC(=O)CCc1c(C)[nH]c(=O)c(C#N)c1C)C(C)(C)C. The summed E-state index contributed by atoms with van der Waals surface area (Å²) in [5, 5.41) is 9.08. The van der Waals surface area contributed by atoms with Gasteiger partial charge in [-0.15, -0.1) is 12.3 Å². The molecule has 0 aromatic carbocycles. The lowest BCUT2D eigenvalue weighted by atomic mass is 9.87. The van der Waals surface area contributed by atoms with Gasteiger partial charge in [-0.1, -0.05) is 20.8 Å². The Morgan fingerprint density at radius 1 is 1.38 bits per heavy atom. The number of carbonyl (C=O) groups excluding carboxylic acids is 1. The molecule has 1 heterocycles. The van der Waals surface area contributed by atoms with Crippen LogP contribution in [0.3, 0.4) is 0 Å². The van der Waals surface area contributed by atoms with E-state index in [-0.39, 0.29) is 29.5 Å². The Kier molecular flexibility index (Phi) is 6.37. The van der Waals surface area contributed by atoms with Crippen molar-refractivity contribution in [3.63, 3.8) is 0 Å². The summed E-state index contributed by atoms with van der Waals surface area (Å²) in [5.74, 6) is 2.20. The van der Waals surface area contributed by atoms with Gasteiger partial charge in [-0.25, -0.2) is 0 Å². The van der Waals surface area contributed by atoms with Gasteiger partial charge in [0.1, 0.15) is 17.7 Å². The molecular weight excluding hydrogens is 304 g/mol. The summed E-state index contributed by atoms with van der Waals surface area (Å²) in [6.45, 7) is 9.39. The van der Waals surface area contributed by atoms with Crippen LogP contribution in [0, 0.1) is 42.9 Å². The minimum Gasteiger partial charge on any atom is -0.461 e. The van der Waals surface area contributed by atoms with Gasteiger partial charge in [0.15, 0.2) is 0 Å². The van der Waals surface area contributed by atoms with Crippen LogP contribution in [0.15, 0.2) is 4.79 Å². The molecule has 5 heteroatoms. The van der Waals surface area contributed by atoms with Crippen LogP contribution < -0.4 is 5.56 Å². The highest BCUT2D eigenvalue weighted by Gasteiger charge is 2.27. The van der Waals surface area contributed by atoms with Crippen LogP contribution in [0.1, 0.15) is 56.0 Å². The number of pyridine rings is 1. The first-order valence-electron chi connectivity index (χ1n) is 7.87. The molecule has 1 rings (SSSR count). The van der Waals surface area contributed by atoms with Gasteiger partial charge in [0, 0.05) is 18.5 Å². The van der Waals surface area contributed by atoms with Gasteiger partial charge in [0.2, 0.25) is 0 Å². The van der Waals surface area contributed by atoms with Crippen LogP contribution in [-0.2, 0) is 16.0 Å². The van der Waals surface area contributed by atoms with Gasteiger partial charge < -0.3 is 9.72 Å². The zero-order chi connectivity index (χ0) is 18.5. The van der Waals surface area contributed by atoms with E-state index in [0.29, 0.717) is 24.1 Å². The number of aromatic amines is 1. The number of carbonyl (C=O) groups is 1. The van der Waals surface area contributed by atoms with Crippen molar-refractivity contribution in [3.05, 3.63) is 32.7 Å². The van der Waals surface area contributed by atoms with Crippen molar-refractivity contribution in [3.8, 4) is 18.4 Å². The largest absolute Gasteiger partial charge is 0.461 e. The van der Waals surface area contributed by atoms with Crippen molar-refractivity contribution >= 4 is 5.97 Å². The fraction of sp³-hybridized carbons (Fsp3) is 0.526. The molecule has 0 saturated carbocycles. The first kappa shape index (κ1) is 19.5. The molecule has 0 aliphatic rings. The lowest BCUT2D eigenvalue weighted by molar-refractivity contribution is -0.154. The van der Waals surface area contributed by atoms with E-state index in [1.54, 1.807) is 13.8 Å². The first-order valence-corrected chi connectivity index (χ1v) is 7.87. The molecule has 128 valence electrons. The maximum absolute atomic E-state index is 12.2. The van der Waals surface area contributed by atoms with Crippen molar-refractivity contribution in [1.82, 2.24) is 4.98 Å². The molecule has 1 N–H and O–H groups in total. The zero-order valence-corrected chi connectivity index (χ0v) is 14.9. The van der Waals surface area contributed by atoms with E-state index >= 15 is 0 Å². The van der Waals surface area contributed by atoms with Gasteiger partial charge in [0.05, 0.1) is 0 Å². The smallest absolute Gasteiger partial charge is 0.306 e. The molecule has 1 atom stereocenters. The average molecular weight is 328 g/mol. The molecule has 0 aliphatic heterocycles. The predicted octanol–water partition coefficient (Wildman–Crippen LogP) is 2.78. The summed E-state index contributed by atoms with van der Waals surface area (Å²) in [4.78, 5) is 26.5. The van der Waals surface area contributed by atoms with E-state index in [9.17, 15) is 9.59 Å². The molecule has 5 nitrogen and oxygen atoms in total. The molecule has 0 aliphatic carbocycles. The molecule has 0 bridgehead atoms. The fourth-order valence-corrected chi connectivity index (χ4v) is 2.50. The number of aryl methyl sites for hydroxylation is 1. The Hall–Kier alpha value is -2.53. The maximum Gasteiger partial charge on any atom is 0.306 e. The van der Waals surface area contributed by atoms with Gasteiger partial charge in [-0.2, -0.15) is 5.26 Å². The van der Waals surface area contributed by atoms with E-state index in [1.807, 2.05) is 26.8 Å². The van der Waals surface area contributed by atoms with Crippen molar-refractivity contribution < 1.29 is 9.53 Å². The van der Waals surface area contributed by atoms with Gasteiger partial charge >= 0.3 is 5.97 Å². The highest BCUT2D eigenvalue weighted by Crippen LogP contribution is 2.25. The van der Waals surface area contributed by atoms with E-state index < -0.39 is 5.56 Å². The summed E-state index contributed by atoms with van der Waals surface area (Å²) >= 11 is 0. The number of nitriles is 1. The minimum atomic E-state index is -0.402. The number of ether oxygens (including phenoxy) is 1. The molecular formula is C19H24N2O3. The van der Waals surface area contributed by atoms with Crippen molar-refractivity contribution in [2.24, 2.45) is 5.41 Å². The summed E-state index contributed by atoms with van der Waals surface area (Å²) in [7, 11) is 0. The standard InChI is InChI=1S/C19H24N2O3/c1-7-8-16(19(4,5)6)24-17(22)10-9-14-12(2)15(11-20)18(23)21-13(14)3/h1,16H,8-10H2,2-6H3,(H,21,23)/t16-/m1/s1. The van der Waals surface area contributed by atoms with Gasteiger partial charge in [-0.05, 0) is 36.8 Å². The van der Waals surface area contributed by atoms with Crippen molar-refractivity contribution in [1.29, 1.82) is 5.26 Å². The molecule has 0 amide bonds. The molecule has 0 spiro atoms. The monoisotopic (exact) mass is 328 g/mol. The van der Waals surface area contributed by atoms with Crippen LogP contribution in [0.2, 0.25) is 0 Å². The summed E-state index contributed by atoms with van der Waals surface area (Å²) in [5.41, 5.74) is 1.53. The van der Waals surface area contributed by atoms with Crippen LogP contribution in [0.5, 0.6) is 0 Å². The van der Waals surface area contributed by atoms with E-state index in [2.05, 4.69) is 10.9 Å². The van der Waals surface area contributed by atoms with Gasteiger partial charge in [-0.3, -0.25) is 9.59 Å². The molecule has 0 radical (unpaired) electrons. The second-order valence-electron chi connectivity index (χ2n) is 6.92. The number of terminal acetylenes is 1. The number of nitrogens with one attached hydrogen (secondary N) is 1. The molecule has 0 saturated heterocycles. The first-order chi connectivity index (χ1) is 11.1. The topological polar surface area (TPSA) is 83.0 Å². The predicted molar refractivity (Wildman–Crippen MR) is 92.4 cm³/mol. The molecule has 1 aromatic rings. The highest BCUT2D eigenvalue weighted by molar-refractivity contribution is 5.70. The third-order valence-corrected chi connectivity index (χ3v) is 4.04. The Bertz CT molecular complexity index is 755. The van der Waals surface area contributed by atoms with Crippen molar-refractivity contribution in [2.75, 3.05) is 0 Å². The number of esters is 1. The Labute approximate surface area is 143 Å². The number of aromatic nitrogens is 1. The number of rotatable bonds is 5.